The van der Waals surface area contributed by atoms with E-state index in [0.717, 1.165) is 28.6 Å². The highest BCUT2D eigenvalue weighted by atomic mass is 32.1. The number of thiophene rings is 1. The second kappa shape index (κ2) is 5.60. The van der Waals surface area contributed by atoms with Crippen LogP contribution in [0.3, 0.4) is 0 Å². The molecule has 0 spiro atoms. The van der Waals surface area contributed by atoms with Crippen molar-refractivity contribution in [1.29, 1.82) is 0 Å². The van der Waals surface area contributed by atoms with Crippen molar-refractivity contribution in [3.63, 3.8) is 0 Å². The monoisotopic (exact) mass is 366 g/mol. The lowest BCUT2D eigenvalue weighted by Gasteiger charge is -2.21. The number of hydrogen-bond donors (Lipinski definition) is 0. The molecule has 1 aromatic heterocycles. The quantitative estimate of drug-likeness (QED) is 0.298. The van der Waals surface area contributed by atoms with Crippen LogP contribution in [0, 0.1) is 0 Å². The van der Waals surface area contributed by atoms with E-state index in [1.54, 1.807) is 0 Å². The van der Waals surface area contributed by atoms with Gasteiger partial charge in [-0.2, -0.15) is 0 Å². The minimum Gasteiger partial charge on any atom is -0.450 e. The first-order chi connectivity index (χ1) is 13.3. The van der Waals surface area contributed by atoms with Crippen LogP contribution in [0.25, 0.3) is 31.3 Å². The average molecular weight is 366 g/mol. The number of hydrogen-bond acceptors (Lipinski definition) is 3. The van der Waals surface area contributed by atoms with Crippen molar-refractivity contribution in [1.82, 2.24) is 0 Å². The highest BCUT2D eigenvalue weighted by Gasteiger charge is 2.18. The summed E-state index contributed by atoms with van der Waals surface area (Å²) in [5.74, 6) is 3.01. The molecule has 2 nitrogen and oxygen atoms in total. The summed E-state index contributed by atoms with van der Waals surface area (Å²) in [5, 5.41) is 2.63. The Hall–Kier alpha value is -3.30. The molecule has 3 heteroatoms. The predicted octanol–water partition coefficient (Wildman–Crippen LogP) is 7.62. The third-order valence-corrected chi connectivity index (χ3v) is 6.08. The molecule has 0 unspecified atom stereocenters. The van der Waals surface area contributed by atoms with Gasteiger partial charge in [0.1, 0.15) is 0 Å². The van der Waals surface area contributed by atoms with E-state index in [0.29, 0.717) is 0 Å². The van der Waals surface area contributed by atoms with Crippen molar-refractivity contribution in [3.05, 3.63) is 84.9 Å². The lowest BCUT2D eigenvalue weighted by atomic mass is 10.0. The summed E-state index contributed by atoms with van der Waals surface area (Å²) in [7, 11) is 0. The first kappa shape index (κ1) is 14.8. The number of ether oxygens (including phenoxy) is 2. The maximum absolute atomic E-state index is 6.05. The van der Waals surface area contributed by atoms with Crippen LogP contribution in [0.1, 0.15) is 0 Å². The Kier molecular flexibility index (Phi) is 3.07. The second-order valence-corrected chi connectivity index (χ2v) is 7.71. The summed E-state index contributed by atoms with van der Waals surface area (Å²) >= 11 is 1.83. The van der Waals surface area contributed by atoms with E-state index in [9.17, 15) is 0 Å². The molecule has 5 aromatic rings. The fourth-order valence-electron chi connectivity index (χ4n) is 3.61. The van der Waals surface area contributed by atoms with Gasteiger partial charge in [0.15, 0.2) is 23.0 Å². The highest BCUT2D eigenvalue weighted by molar-refractivity contribution is 7.25. The van der Waals surface area contributed by atoms with Crippen molar-refractivity contribution in [2.45, 2.75) is 0 Å². The summed E-state index contributed by atoms with van der Waals surface area (Å²) in [5.41, 5.74) is 2.30. The smallest absolute Gasteiger partial charge is 0.170 e. The number of fused-ring (bicyclic) bond motifs is 5. The zero-order chi connectivity index (χ0) is 17.8. The summed E-state index contributed by atoms with van der Waals surface area (Å²) in [6.07, 6.45) is 0. The molecule has 0 bridgehead atoms. The molecule has 0 saturated heterocycles. The SMILES string of the molecule is c1ccc2c(c1)Oc1ccc(-c3ccc4c(c3)sc3ccccc34)cc1O2. The van der Waals surface area contributed by atoms with E-state index < -0.39 is 0 Å². The third kappa shape index (κ3) is 2.32. The van der Waals surface area contributed by atoms with Crippen LogP contribution >= 0.6 is 11.3 Å². The summed E-state index contributed by atoms with van der Waals surface area (Å²) in [4.78, 5) is 0. The van der Waals surface area contributed by atoms with Crippen LogP contribution in [-0.2, 0) is 0 Å². The number of para-hydroxylation sites is 2. The summed E-state index contributed by atoms with van der Waals surface area (Å²) in [6, 6.07) is 29.1. The molecule has 0 amide bonds. The second-order valence-electron chi connectivity index (χ2n) is 6.62. The zero-order valence-electron chi connectivity index (χ0n) is 14.3. The Morgan fingerprint density at radius 2 is 1.11 bits per heavy atom. The number of rotatable bonds is 1. The molecule has 1 aliphatic heterocycles. The first-order valence-corrected chi connectivity index (χ1v) is 9.67. The zero-order valence-corrected chi connectivity index (χ0v) is 15.1. The first-order valence-electron chi connectivity index (χ1n) is 8.86. The fourth-order valence-corrected chi connectivity index (χ4v) is 4.76. The third-order valence-electron chi connectivity index (χ3n) is 4.94. The van der Waals surface area contributed by atoms with Crippen molar-refractivity contribution in [2.24, 2.45) is 0 Å². The Morgan fingerprint density at radius 1 is 0.481 bits per heavy atom. The highest BCUT2D eigenvalue weighted by Crippen LogP contribution is 2.46. The molecule has 128 valence electrons. The molecule has 0 N–H and O–H groups in total. The lowest BCUT2D eigenvalue weighted by Crippen LogP contribution is -1.98. The van der Waals surface area contributed by atoms with Crippen LogP contribution < -0.4 is 9.47 Å². The largest absolute Gasteiger partial charge is 0.450 e. The van der Waals surface area contributed by atoms with Gasteiger partial charge >= 0.3 is 0 Å². The van der Waals surface area contributed by atoms with Gasteiger partial charge in [-0.15, -0.1) is 11.3 Å². The Morgan fingerprint density at radius 3 is 2.00 bits per heavy atom. The van der Waals surface area contributed by atoms with Gasteiger partial charge in [0.25, 0.3) is 0 Å². The van der Waals surface area contributed by atoms with E-state index in [1.807, 2.05) is 41.7 Å². The molecule has 0 aliphatic carbocycles. The molecule has 0 radical (unpaired) electrons. The molecule has 0 atom stereocenters. The lowest BCUT2D eigenvalue weighted by molar-refractivity contribution is 0.360. The van der Waals surface area contributed by atoms with Crippen LogP contribution in [-0.4, -0.2) is 0 Å². The topological polar surface area (TPSA) is 18.5 Å². The maximum Gasteiger partial charge on any atom is 0.170 e. The van der Waals surface area contributed by atoms with Gasteiger partial charge < -0.3 is 9.47 Å². The molecule has 0 saturated carbocycles. The average Bonchev–Trinajstić information content (AvgIpc) is 3.09. The van der Waals surface area contributed by atoms with Gasteiger partial charge in [-0.05, 0) is 47.5 Å². The number of benzene rings is 4. The van der Waals surface area contributed by atoms with Crippen molar-refractivity contribution in [2.75, 3.05) is 0 Å². The minimum absolute atomic E-state index is 0.750. The Bertz CT molecular complexity index is 1330. The minimum atomic E-state index is 0.750. The van der Waals surface area contributed by atoms with Crippen LogP contribution in [0.4, 0.5) is 0 Å². The van der Waals surface area contributed by atoms with Gasteiger partial charge in [0.2, 0.25) is 0 Å². The van der Waals surface area contributed by atoms with E-state index >= 15 is 0 Å². The van der Waals surface area contributed by atoms with E-state index in [1.165, 1.54) is 25.7 Å². The maximum atomic E-state index is 6.05. The van der Waals surface area contributed by atoms with Crippen molar-refractivity contribution < 1.29 is 9.47 Å². The van der Waals surface area contributed by atoms with Crippen LogP contribution in [0.15, 0.2) is 84.9 Å². The molecule has 6 rings (SSSR count). The fraction of sp³-hybridized carbons (Fsp3) is 0. The van der Waals surface area contributed by atoms with E-state index in [2.05, 4.69) is 54.6 Å². The standard InChI is InChI=1S/C24H14O2S/c1-4-8-23-17(5-1)18-11-9-16(14-24(18)27-23)15-10-12-21-22(13-15)26-20-7-3-2-6-19(20)25-21/h1-14H. The molecular formula is C24H14O2S. The van der Waals surface area contributed by atoms with Crippen LogP contribution in [0.2, 0.25) is 0 Å². The van der Waals surface area contributed by atoms with Crippen molar-refractivity contribution >= 4 is 31.5 Å². The molecular weight excluding hydrogens is 352 g/mol. The van der Waals surface area contributed by atoms with E-state index in [-0.39, 0.29) is 0 Å². The normalized spacial score (nSPS) is 12.3. The van der Waals surface area contributed by atoms with Gasteiger partial charge in [-0.1, -0.05) is 48.5 Å². The summed E-state index contributed by atoms with van der Waals surface area (Å²) < 4.78 is 14.6. The van der Waals surface area contributed by atoms with Gasteiger partial charge in [-0.3, -0.25) is 0 Å². The molecule has 0 fully saturated rings. The molecule has 1 aliphatic rings. The van der Waals surface area contributed by atoms with Crippen LogP contribution in [0.5, 0.6) is 23.0 Å². The van der Waals surface area contributed by atoms with Gasteiger partial charge in [0.05, 0.1) is 0 Å². The Balaban J connectivity index is 1.45. The van der Waals surface area contributed by atoms with Gasteiger partial charge in [0, 0.05) is 20.2 Å². The van der Waals surface area contributed by atoms with Gasteiger partial charge in [-0.25, -0.2) is 0 Å². The van der Waals surface area contributed by atoms with Crippen molar-refractivity contribution in [3.8, 4) is 34.1 Å². The Labute approximate surface area is 160 Å². The predicted molar refractivity (Wildman–Crippen MR) is 111 cm³/mol. The summed E-state index contributed by atoms with van der Waals surface area (Å²) in [6.45, 7) is 0. The molecule has 2 heterocycles. The molecule has 4 aromatic carbocycles. The molecule has 27 heavy (non-hydrogen) atoms. The van der Waals surface area contributed by atoms with E-state index in [4.69, 9.17) is 9.47 Å².